The van der Waals surface area contributed by atoms with E-state index in [9.17, 15) is 9.90 Å². The highest BCUT2D eigenvalue weighted by atomic mass is 16.5. The summed E-state index contributed by atoms with van der Waals surface area (Å²) in [7, 11) is 0. The Labute approximate surface area is 145 Å². The lowest BCUT2D eigenvalue weighted by Gasteiger charge is -2.33. The molecule has 0 saturated heterocycles. The van der Waals surface area contributed by atoms with Crippen LogP contribution in [0.5, 0.6) is 0 Å². The summed E-state index contributed by atoms with van der Waals surface area (Å²) >= 11 is 0. The third-order valence-corrected chi connectivity index (χ3v) is 4.33. The minimum Gasteiger partial charge on any atom is -0.464 e. The van der Waals surface area contributed by atoms with E-state index >= 15 is 0 Å². The zero-order valence-electron chi connectivity index (χ0n) is 15.1. The molecular formula is C20H29NO3. The molecule has 4 nitrogen and oxygen atoms in total. The third-order valence-electron chi connectivity index (χ3n) is 4.33. The van der Waals surface area contributed by atoms with Crippen molar-refractivity contribution in [1.29, 1.82) is 0 Å². The summed E-state index contributed by atoms with van der Waals surface area (Å²) in [5, 5.41) is 9.93. The molecule has 2 atom stereocenters. The van der Waals surface area contributed by atoms with Crippen molar-refractivity contribution < 1.29 is 14.6 Å². The van der Waals surface area contributed by atoms with Crippen LogP contribution in [-0.4, -0.2) is 29.8 Å². The van der Waals surface area contributed by atoms with Crippen molar-refractivity contribution in [3.05, 3.63) is 54.1 Å². The van der Waals surface area contributed by atoms with E-state index in [1.54, 1.807) is 6.92 Å². The molecule has 0 saturated carbocycles. The highest BCUT2D eigenvalue weighted by Gasteiger charge is 2.32. The highest BCUT2D eigenvalue weighted by molar-refractivity contribution is 5.74. The number of nitrogens with two attached hydrogens (primary N) is 1. The average molecular weight is 331 g/mol. The van der Waals surface area contributed by atoms with E-state index < -0.39 is 17.5 Å². The number of carbonyl (C=O) groups is 1. The van der Waals surface area contributed by atoms with E-state index in [4.69, 9.17) is 10.5 Å². The highest BCUT2D eigenvalue weighted by Crippen LogP contribution is 2.29. The lowest BCUT2D eigenvalue weighted by atomic mass is 9.76. The Morgan fingerprint density at radius 2 is 1.96 bits per heavy atom. The molecule has 0 aliphatic carbocycles. The second-order valence-electron chi connectivity index (χ2n) is 6.43. The fourth-order valence-corrected chi connectivity index (χ4v) is 2.50. The maximum atomic E-state index is 11.6. The lowest BCUT2D eigenvalue weighted by molar-refractivity contribution is -0.153. The summed E-state index contributed by atoms with van der Waals surface area (Å²) in [6.45, 7) is 11.9. The minimum absolute atomic E-state index is 0.152. The summed E-state index contributed by atoms with van der Waals surface area (Å²) in [5.41, 5.74) is 8.91. The summed E-state index contributed by atoms with van der Waals surface area (Å²) < 4.78 is 4.83. The van der Waals surface area contributed by atoms with Crippen LogP contribution in [-0.2, 0) is 14.9 Å². The molecule has 1 aromatic carbocycles. The molecule has 0 aromatic heterocycles. The maximum absolute atomic E-state index is 11.6. The van der Waals surface area contributed by atoms with Gasteiger partial charge in [0.25, 0.3) is 0 Å². The van der Waals surface area contributed by atoms with Gasteiger partial charge in [-0.25, -0.2) is 4.79 Å². The SMILES string of the molecule is C=C(C=CC)c1ccc(C(C)(C)C(N)CC(O)C(=O)OCC)cc1. The number of esters is 1. The number of aliphatic hydroxyl groups excluding tert-OH is 1. The molecule has 3 N–H and O–H groups in total. The standard InChI is InChI=1S/C20H29NO3/c1-6-8-14(3)15-9-11-16(12-10-15)20(4,5)18(21)13-17(22)19(23)24-7-2/h6,8-12,17-18,22H,3,7,13,21H2,1-2,4-5H3. The number of benzene rings is 1. The number of carbonyl (C=O) groups excluding carboxylic acids is 1. The number of allylic oxidation sites excluding steroid dienone is 3. The predicted octanol–water partition coefficient (Wildman–Crippen LogP) is 3.19. The minimum atomic E-state index is -1.20. The molecule has 1 rings (SSSR count). The maximum Gasteiger partial charge on any atom is 0.335 e. The van der Waals surface area contributed by atoms with E-state index in [1.807, 2.05) is 57.2 Å². The van der Waals surface area contributed by atoms with E-state index in [0.29, 0.717) is 0 Å². The first-order valence-electron chi connectivity index (χ1n) is 8.26. The molecular weight excluding hydrogens is 302 g/mol. The molecule has 0 aliphatic rings. The van der Waals surface area contributed by atoms with Gasteiger partial charge in [0, 0.05) is 17.9 Å². The van der Waals surface area contributed by atoms with Crippen LogP contribution in [0.3, 0.4) is 0 Å². The van der Waals surface area contributed by atoms with Gasteiger partial charge in [-0.15, -0.1) is 0 Å². The van der Waals surface area contributed by atoms with E-state index in [-0.39, 0.29) is 19.1 Å². The Balaban J connectivity index is 2.86. The van der Waals surface area contributed by atoms with Gasteiger partial charge in [0.1, 0.15) is 0 Å². The molecule has 0 amide bonds. The number of aliphatic hydroxyl groups is 1. The number of ether oxygens (including phenoxy) is 1. The molecule has 0 aliphatic heterocycles. The van der Waals surface area contributed by atoms with Crippen molar-refractivity contribution in [1.82, 2.24) is 0 Å². The largest absolute Gasteiger partial charge is 0.464 e. The number of rotatable bonds is 8. The van der Waals surface area contributed by atoms with Crippen molar-refractivity contribution in [2.45, 2.75) is 51.7 Å². The fraction of sp³-hybridized carbons (Fsp3) is 0.450. The third kappa shape index (κ3) is 5.05. The summed E-state index contributed by atoms with van der Waals surface area (Å²) in [6.07, 6.45) is 2.86. The fourth-order valence-electron chi connectivity index (χ4n) is 2.50. The van der Waals surface area contributed by atoms with Crippen molar-refractivity contribution in [2.75, 3.05) is 6.61 Å². The van der Waals surface area contributed by atoms with Crippen molar-refractivity contribution >= 4 is 11.5 Å². The molecule has 2 unspecified atom stereocenters. The zero-order valence-corrected chi connectivity index (χ0v) is 15.1. The molecule has 0 bridgehead atoms. The lowest BCUT2D eigenvalue weighted by Crippen LogP contribution is -2.44. The van der Waals surface area contributed by atoms with Gasteiger partial charge in [-0.3, -0.25) is 0 Å². The second-order valence-corrected chi connectivity index (χ2v) is 6.43. The zero-order chi connectivity index (χ0) is 18.3. The molecule has 0 fully saturated rings. The van der Waals surface area contributed by atoms with Gasteiger partial charge in [-0.2, -0.15) is 0 Å². The molecule has 4 heteroatoms. The van der Waals surface area contributed by atoms with Gasteiger partial charge in [0.05, 0.1) is 6.61 Å². The molecule has 1 aromatic rings. The Morgan fingerprint density at radius 1 is 1.38 bits per heavy atom. The smallest absolute Gasteiger partial charge is 0.335 e. The van der Waals surface area contributed by atoms with Crippen molar-refractivity contribution in [3.8, 4) is 0 Å². The van der Waals surface area contributed by atoms with E-state index in [2.05, 4.69) is 6.58 Å². The van der Waals surface area contributed by atoms with Gasteiger partial charge in [-0.1, -0.05) is 56.8 Å². The van der Waals surface area contributed by atoms with Crippen LogP contribution in [0.4, 0.5) is 0 Å². The quantitative estimate of drug-likeness (QED) is 0.567. The molecule has 24 heavy (non-hydrogen) atoms. The van der Waals surface area contributed by atoms with Crippen molar-refractivity contribution in [3.63, 3.8) is 0 Å². The van der Waals surface area contributed by atoms with Gasteiger partial charge in [-0.05, 0) is 30.5 Å². The normalized spacial score (nSPS) is 14.4. The molecule has 132 valence electrons. The molecule has 0 heterocycles. The first-order chi connectivity index (χ1) is 11.2. The van der Waals surface area contributed by atoms with Crippen LogP contribution in [0.1, 0.15) is 45.2 Å². The monoisotopic (exact) mass is 331 g/mol. The van der Waals surface area contributed by atoms with Crippen molar-refractivity contribution in [2.24, 2.45) is 5.73 Å². The van der Waals surface area contributed by atoms with E-state index in [1.165, 1.54) is 0 Å². The number of hydrogen-bond donors (Lipinski definition) is 2. The Hall–Kier alpha value is -1.91. The Bertz CT molecular complexity index is 587. The van der Waals surface area contributed by atoms with Gasteiger partial charge in [0.2, 0.25) is 0 Å². The van der Waals surface area contributed by atoms with Gasteiger partial charge >= 0.3 is 5.97 Å². The molecule has 0 spiro atoms. The first kappa shape index (κ1) is 20.1. The summed E-state index contributed by atoms with van der Waals surface area (Å²) in [6, 6.07) is 7.66. The second kappa shape index (κ2) is 8.81. The molecule has 0 radical (unpaired) electrons. The van der Waals surface area contributed by atoms with Crippen LogP contribution in [0.15, 0.2) is 43.0 Å². The van der Waals surface area contributed by atoms with Crippen LogP contribution in [0, 0.1) is 0 Å². The Kier molecular flexibility index (Phi) is 7.39. The van der Waals surface area contributed by atoms with E-state index in [0.717, 1.165) is 16.7 Å². The van der Waals surface area contributed by atoms with Crippen LogP contribution in [0.25, 0.3) is 5.57 Å². The number of hydrogen-bond acceptors (Lipinski definition) is 4. The van der Waals surface area contributed by atoms with Crippen LogP contribution in [0.2, 0.25) is 0 Å². The summed E-state index contributed by atoms with van der Waals surface area (Å²) in [5.74, 6) is -0.623. The van der Waals surface area contributed by atoms with Crippen LogP contribution < -0.4 is 5.73 Å². The predicted molar refractivity (Wildman–Crippen MR) is 98.5 cm³/mol. The van der Waals surface area contributed by atoms with Gasteiger partial charge < -0.3 is 15.6 Å². The average Bonchev–Trinajstić information content (AvgIpc) is 2.55. The van der Waals surface area contributed by atoms with Gasteiger partial charge in [0.15, 0.2) is 6.10 Å². The Morgan fingerprint density at radius 3 is 2.46 bits per heavy atom. The topological polar surface area (TPSA) is 72.5 Å². The first-order valence-corrected chi connectivity index (χ1v) is 8.26. The van der Waals surface area contributed by atoms with Crippen LogP contribution >= 0.6 is 0 Å². The summed E-state index contributed by atoms with van der Waals surface area (Å²) in [4.78, 5) is 11.6.